The van der Waals surface area contributed by atoms with E-state index in [9.17, 15) is 10.1 Å². The Bertz CT molecular complexity index is 968. The zero-order valence-electron chi connectivity index (χ0n) is 13.9. The number of nitriles is 1. The third-order valence-electron chi connectivity index (χ3n) is 4.10. The Morgan fingerprint density at radius 2 is 1.68 bits per heavy atom. The molecule has 1 N–H and O–H groups in total. The van der Waals surface area contributed by atoms with E-state index in [1.165, 1.54) is 0 Å². The van der Waals surface area contributed by atoms with Gasteiger partial charge in [0.1, 0.15) is 11.6 Å². The fourth-order valence-corrected chi connectivity index (χ4v) is 2.71. The van der Waals surface area contributed by atoms with Crippen LogP contribution in [0.15, 0.2) is 78.4 Å². The zero-order valence-corrected chi connectivity index (χ0v) is 13.9. The first-order valence-corrected chi connectivity index (χ1v) is 8.14. The summed E-state index contributed by atoms with van der Waals surface area (Å²) in [6, 6.07) is 25.4. The Balaban J connectivity index is 1.81. The second-order valence-electron chi connectivity index (χ2n) is 5.88. The van der Waals surface area contributed by atoms with E-state index in [1.54, 1.807) is 6.08 Å². The van der Waals surface area contributed by atoms with E-state index in [0.717, 1.165) is 21.9 Å². The van der Waals surface area contributed by atoms with E-state index in [4.69, 9.17) is 0 Å². The van der Waals surface area contributed by atoms with Crippen molar-refractivity contribution < 1.29 is 4.79 Å². The third-order valence-corrected chi connectivity index (χ3v) is 4.10. The molecule has 122 valence electrons. The highest BCUT2D eigenvalue weighted by atomic mass is 16.1. The SMILES string of the molecule is C[C@@H](NC(=O)/C(C#N)=C/c1ccc2ccccc2c1)c1ccccc1. The van der Waals surface area contributed by atoms with Crippen LogP contribution in [0.3, 0.4) is 0 Å². The van der Waals surface area contributed by atoms with Gasteiger partial charge < -0.3 is 5.32 Å². The molecule has 0 heterocycles. The Morgan fingerprint density at radius 1 is 1.00 bits per heavy atom. The van der Waals surface area contributed by atoms with E-state index in [-0.39, 0.29) is 17.5 Å². The minimum atomic E-state index is -0.369. The van der Waals surface area contributed by atoms with Crippen LogP contribution < -0.4 is 5.32 Å². The van der Waals surface area contributed by atoms with Gasteiger partial charge in [0.05, 0.1) is 6.04 Å². The van der Waals surface area contributed by atoms with Gasteiger partial charge in [-0.15, -0.1) is 0 Å². The molecule has 3 nitrogen and oxygen atoms in total. The summed E-state index contributed by atoms with van der Waals surface area (Å²) in [4.78, 5) is 12.4. The molecule has 0 bridgehead atoms. The Kier molecular flexibility index (Phi) is 4.92. The lowest BCUT2D eigenvalue weighted by atomic mass is 10.0. The molecule has 0 saturated heterocycles. The lowest BCUT2D eigenvalue weighted by Crippen LogP contribution is -2.27. The summed E-state index contributed by atoms with van der Waals surface area (Å²) in [5, 5.41) is 14.5. The molecule has 0 aliphatic rings. The normalized spacial score (nSPS) is 12.4. The molecule has 0 aromatic heterocycles. The molecule has 25 heavy (non-hydrogen) atoms. The van der Waals surface area contributed by atoms with Crippen molar-refractivity contribution in [1.29, 1.82) is 5.26 Å². The number of nitrogens with zero attached hydrogens (tertiary/aromatic N) is 1. The van der Waals surface area contributed by atoms with E-state index >= 15 is 0 Å². The molecule has 0 aliphatic heterocycles. The van der Waals surface area contributed by atoms with Crippen LogP contribution in [0.25, 0.3) is 16.8 Å². The van der Waals surface area contributed by atoms with Crippen LogP contribution in [-0.4, -0.2) is 5.91 Å². The topological polar surface area (TPSA) is 52.9 Å². The van der Waals surface area contributed by atoms with Gasteiger partial charge in [0, 0.05) is 0 Å². The van der Waals surface area contributed by atoms with Crippen LogP contribution >= 0.6 is 0 Å². The van der Waals surface area contributed by atoms with Crippen LogP contribution in [0.4, 0.5) is 0 Å². The van der Waals surface area contributed by atoms with E-state index < -0.39 is 0 Å². The minimum Gasteiger partial charge on any atom is -0.345 e. The predicted molar refractivity (Wildman–Crippen MR) is 101 cm³/mol. The number of carbonyl (C=O) groups excluding carboxylic acids is 1. The molecule has 0 radical (unpaired) electrons. The second-order valence-corrected chi connectivity index (χ2v) is 5.88. The van der Waals surface area contributed by atoms with E-state index in [0.29, 0.717) is 0 Å². The molecule has 0 fully saturated rings. The summed E-state index contributed by atoms with van der Waals surface area (Å²) in [6.07, 6.45) is 1.62. The molecular formula is C22H18N2O. The van der Waals surface area contributed by atoms with Gasteiger partial charge in [-0.05, 0) is 41.0 Å². The molecule has 1 amide bonds. The van der Waals surface area contributed by atoms with Crippen molar-refractivity contribution >= 4 is 22.8 Å². The van der Waals surface area contributed by atoms with E-state index in [1.807, 2.05) is 85.8 Å². The van der Waals surface area contributed by atoms with Crippen molar-refractivity contribution in [2.75, 3.05) is 0 Å². The van der Waals surface area contributed by atoms with Crippen molar-refractivity contribution in [3.05, 3.63) is 89.5 Å². The largest absolute Gasteiger partial charge is 0.345 e. The van der Waals surface area contributed by atoms with Crippen molar-refractivity contribution in [2.45, 2.75) is 13.0 Å². The first-order valence-electron chi connectivity index (χ1n) is 8.14. The fraction of sp³-hybridized carbons (Fsp3) is 0.0909. The molecule has 3 heteroatoms. The lowest BCUT2D eigenvalue weighted by molar-refractivity contribution is -0.117. The van der Waals surface area contributed by atoms with Gasteiger partial charge in [-0.25, -0.2) is 0 Å². The number of amides is 1. The quantitative estimate of drug-likeness (QED) is 0.561. The maximum atomic E-state index is 12.4. The third kappa shape index (κ3) is 3.94. The van der Waals surface area contributed by atoms with Crippen molar-refractivity contribution in [3.8, 4) is 6.07 Å². The second kappa shape index (κ2) is 7.46. The maximum absolute atomic E-state index is 12.4. The average molecular weight is 326 g/mol. The molecule has 0 saturated carbocycles. The van der Waals surface area contributed by atoms with Crippen molar-refractivity contribution in [3.63, 3.8) is 0 Å². The molecule has 0 aliphatic carbocycles. The van der Waals surface area contributed by atoms with Gasteiger partial charge in [0.15, 0.2) is 0 Å². The van der Waals surface area contributed by atoms with Gasteiger partial charge >= 0.3 is 0 Å². The highest BCUT2D eigenvalue weighted by Gasteiger charge is 2.13. The van der Waals surface area contributed by atoms with Crippen LogP contribution in [0.1, 0.15) is 24.1 Å². The minimum absolute atomic E-state index is 0.0954. The number of benzene rings is 3. The molecule has 0 unspecified atom stereocenters. The van der Waals surface area contributed by atoms with Gasteiger partial charge in [-0.3, -0.25) is 4.79 Å². The Morgan fingerprint density at radius 3 is 2.40 bits per heavy atom. The maximum Gasteiger partial charge on any atom is 0.262 e. The first kappa shape index (κ1) is 16.5. The Labute approximate surface area is 147 Å². The number of fused-ring (bicyclic) bond motifs is 1. The van der Waals surface area contributed by atoms with Gasteiger partial charge in [0.2, 0.25) is 0 Å². The molecule has 1 atom stereocenters. The Hall–Kier alpha value is -3.38. The summed E-state index contributed by atoms with van der Waals surface area (Å²) < 4.78 is 0. The summed E-state index contributed by atoms with van der Waals surface area (Å²) in [5.41, 5.74) is 1.93. The molecule has 3 rings (SSSR count). The molecular weight excluding hydrogens is 308 g/mol. The lowest BCUT2D eigenvalue weighted by Gasteiger charge is -2.13. The fourth-order valence-electron chi connectivity index (χ4n) is 2.71. The van der Waals surface area contributed by atoms with Gasteiger partial charge in [-0.2, -0.15) is 5.26 Å². The number of hydrogen-bond donors (Lipinski definition) is 1. The van der Waals surface area contributed by atoms with Gasteiger partial charge in [0.25, 0.3) is 5.91 Å². The standard InChI is InChI=1S/C22H18N2O/c1-16(18-7-3-2-4-8-18)24-22(25)21(15-23)14-17-11-12-19-9-5-6-10-20(19)13-17/h2-14,16H,1H3,(H,24,25)/b21-14+/t16-/m1/s1. The first-order chi connectivity index (χ1) is 12.2. The summed E-state index contributed by atoms with van der Waals surface area (Å²) in [6.45, 7) is 1.90. The monoisotopic (exact) mass is 326 g/mol. The summed E-state index contributed by atoms with van der Waals surface area (Å²) in [7, 11) is 0. The number of rotatable bonds is 4. The number of hydrogen-bond acceptors (Lipinski definition) is 2. The molecule has 0 spiro atoms. The smallest absolute Gasteiger partial charge is 0.262 e. The predicted octanol–water partition coefficient (Wildman–Crippen LogP) is 4.62. The van der Waals surface area contributed by atoms with Gasteiger partial charge in [-0.1, -0.05) is 66.7 Å². The van der Waals surface area contributed by atoms with Crippen LogP contribution in [-0.2, 0) is 4.79 Å². The number of nitrogens with one attached hydrogen (secondary N) is 1. The van der Waals surface area contributed by atoms with Crippen LogP contribution in [0.5, 0.6) is 0 Å². The van der Waals surface area contributed by atoms with Crippen LogP contribution in [0.2, 0.25) is 0 Å². The molecule has 3 aromatic rings. The zero-order chi connectivity index (χ0) is 17.6. The number of carbonyl (C=O) groups is 1. The van der Waals surface area contributed by atoms with E-state index in [2.05, 4.69) is 5.32 Å². The highest BCUT2D eigenvalue weighted by Crippen LogP contribution is 2.18. The van der Waals surface area contributed by atoms with Crippen LogP contribution in [0, 0.1) is 11.3 Å². The molecule has 3 aromatic carbocycles. The van der Waals surface area contributed by atoms with Crippen molar-refractivity contribution in [1.82, 2.24) is 5.32 Å². The summed E-state index contributed by atoms with van der Waals surface area (Å²) in [5.74, 6) is -0.369. The van der Waals surface area contributed by atoms with Crippen molar-refractivity contribution in [2.24, 2.45) is 0 Å². The summed E-state index contributed by atoms with van der Waals surface area (Å²) >= 11 is 0. The highest BCUT2D eigenvalue weighted by molar-refractivity contribution is 6.02. The average Bonchev–Trinajstić information content (AvgIpc) is 2.66.